The van der Waals surface area contributed by atoms with Crippen molar-refractivity contribution in [3.05, 3.63) is 64.7 Å². The maximum Gasteiger partial charge on any atom is 0.253 e. The Labute approximate surface area is 173 Å². The standard InChI is InChI=1S/C24H30N2O3/c1-4-29-22-9-7-19(8-10-22)15-25-23(27)20-6-5-11-26(16-20)24(28)21-13-17(2)12-18(3)14-21/h7-10,12-14,20H,4-6,11,15-16H2,1-3H3,(H,25,27). The van der Waals surface area contributed by atoms with E-state index in [1.807, 2.05) is 62.1 Å². The predicted octanol–water partition coefficient (Wildman–Crippen LogP) is 3.87. The first-order valence-electron chi connectivity index (χ1n) is 10.3. The molecule has 5 heteroatoms. The van der Waals surface area contributed by atoms with E-state index in [2.05, 4.69) is 11.4 Å². The summed E-state index contributed by atoms with van der Waals surface area (Å²) in [6.45, 7) is 8.23. The lowest BCUT2D eigenvalue weighted by Crippen LogP contribution is -2.45. The number of rotatable bonds is 6. The Balaban J connectivity index is 1.56. The van der Waals surface area contributed by atoms with Crippen LogP contribution in [-0.2, 0) is 11.3 Å². The Morgan fingerprint density at radius 3 is 2.45 bits per heavy atom. The molecule has 2 amide bonds. The van der Waals surface area contributed by atoms with E-state index >= 15 is 0 Å². The Bertz CT molecular complexity index is 841. The molecule has 29 heavy (non-hydrogen) atoms. The van der Waals surface area contributed by atoms with E-state index < -0.39 is 0 Å². The number of ether oxygens (including phenoxy) is 1. The monoisotopic (exact) mass is 394 g/mol. The van der Waals surface area contributed by atoms with Crippen LogP contribution in [0.2, 0.25) is 0 Å². The fourth-order valence-electron chi connectivity index (χ4n) is 3.86. The normalized spacial score (nSPS) is 16.4. The zero-order chi connectivity index (χ0) is 20.8. The third-order valence-corrected chi connectivity index (χ3v) is 5.25. The number of aryl methyl sites for hydroxylation is 2. The van der Waals surface area contributed by atoms with Gasteiger partial charge in [-0.05, 0) is 63.4 Å². The van der Waals surface area contributed by atoms with Gasteiger partial charge in [-0.25, -0.2) is 0 Å². The highest BCUT2D eigenvalue weighted by Crippen LogP contribution is 2.20. The Morgan fingerprint density at radius 2 is 1.79 bits per heavy atom. The lowest BCUT2D eigenvalue weighted by Gasteiger charge is -2.32. The molecule has 1 N–H and O–H groups in total. The van der Waals surface area contributed by atoms with Crippen LogP contribution in [0.25, 0.3) is 0 Å². The molecule has 1 atom stereocenters. The van der Waals surface area contributed by atoms with Crippen LogP contribution >= 0.6 is 0 Å². The molecule has 1 heterocycles. The zero-order valence-electron chi connectivity index (χ0n) is 17.5. The molecule has 5 nitrogen and oxygen atoms in total. The van der Waals surface area contributed by atoms with Crippen LogP contribution in [0.5, 0.6) is 5.75 Å². The Morgan fingerprint density at radius 1 is 1.10 bits per heavy atom. The molecule has 0 aromatic heterocycles. The van der Waals surface area contributed by atoms with E-state index in [1.165, 1.54) is 0 Å². The minimum absolute atomic E-state index is 0.0109. The average Bonchev–Trinajstić information content (AvgIpc) is 2.72. The fourth-order valence-corrected chi connectivity index (χ4v) is 3.86. The number of nitrogens with zero attached hydrogens (tertiary/aromatic N) is 1. The number of carbonyl (C=O) groups excluding carboxylic acids is 2. The quantitative estimate of drug-likeness (QED) is 0.809. The van der Waals surface area contributed by atoms with Gasteiger partial charge in [-0.1, -0.05) is 29.3 Å². The number of piperidine rings is 1. The highest BCUT2D eigenvalue weighted by molar-refractivity contribution is 5.95. The van der Waals surface area contributed by atoms with Gasteiger partial charge in [0, 0.05) is 25.2 Å². The summed E-state index contributed by atoms with van der Waals surface area (Å²) in [5.74, 6) is 0.689. The first kappa shape index (κ1) is 20.9. The second-order valence-corrected chi connectivity index (χ2v) is 7.76. The molecule has 0 radical (unpaired) electrons. The highest BCUT2D eigenvalue weighted by Gasteiger charge is 2.29. The summed E-state index contributed by atoms with van der Waals surface area (Å²) in [6.07, 6.45) is 1.66. The molecule has 0 saturated carbocycles. The second-order valence-electron chi connectivity index (χ2n) is 7.76. The molecule has 0 spiro atoms. The average molecular weight is 395 g/mol. The molecular formula is C24H30N2O3. The fraction of sp³-hybridized carbons (Fsp3) is 0.417. The summed E-state index contributed by atoms with van der Waals surface area (Å²) in [5.41, 5.74) is 3.89. The smallest absolute Gasteiger partial charge is 0.253 e. The summed E-state index contributed by atoms with van der Waals surface area (Å²) >= 11 is 0. The molecule has 1 fully saturated rings. The van der Waals surface area contributed by atoms with Crippen molar-refractivity contribution >= 4 is 11.8 Å². The van der Waals surface area contributed by atoms with Crippen molar-refractivity contribution in [3.63, 3.8) is 0 Å². The summed E-state index contributed by atoms with van der Waals surface area (Å²) in [5, 5.41) is 3.02. The number of nitrogens with one attached hydrogen (secondary N) is 1. The van der Waals surface area contributed by atoms with E-state index in [4.69, 9.17) is 4.74 Å². The zero-order valence-corrected chi connectivity index (χ0v) is 17.5. The van der Waals surface area contributed by atoms with Gasteiger partial charge in [0.05, 0.1) is 12.5 Å². The van der Waals surface area contributed by atoms with Crippen LogP contribution in [0.4, 0.5) is 0 Å². The first-order valence-corrected chi connectivity index (χ1v) is 10.3. The molecule has 1 saturated heterocycles. The van der Waals surface area contributed by atoms with Gasteiger partial charge < -0.3 is 15.0 Å². The topological polar surface area (TPSA) is 58.6 Å². The van der Waals surface area contributed by atoms with Gasteiger partial charge in [0.2, 0.25) is 5.91 Å². The SMILES string of the molecule is CCOc1ccc(CNC(=O)C2CCCN(C(=O)c3cc(C)cc(C)c3)C2)cc1. The van der Waals surface area contributed by atoms with E-state index in [1.54, 1.807) is 0 Å². The van der Waals surface area contributed by atoms with Crippen LogP contribution in [0.3, 0.4) is 0 Å². The van der Waals surface area contributed by atoms with Crippen molar-refractivity contribution in [1.29, 1.82) is 0 Å². The van der Waals surface area contributed by atoms with E-state index in [9.17, 15) is 9.59 Å². The minimum Gasteiger partial charge on any atom is -0.494 e. The van der Waals surface area contributed by atoms with Crippen molar-refractivity contribution in [3.8, 4) is 5.75 Å². The van der Waals surface area contributed by atoms with Crippen LogP contribution in [-0.4, -0.2) is 36.4 Å². The number of hydrogen-bond acceptors (Lipinski definition) is 3. The maximum absolute atomic E-state index is 12.9. The number of carbonyl (C=O) groups is 2. The first-order chi connectivity index (χ1) is 14.0. The number of likely N-dealkylation sites (tertiary alicyclic amines) is 1. The van der Waals surface area contributed by atoms with Crippen molar-refractivity contribution in [2.45, 2.75) is 40.2 Å². The molecule has 0 bridgehead atoms. The van der Waals surface area contributed by atoms with Gasteiger partial charge in [-0.2, -0.15) is 0 Å². The molecule has 2 aromatic carbocycles. The molecule has 1 aliphatic rings. The van der Waals surface area contributed by atoms with Crippen molar-refractivity contribution in [2.24, 2.45) is 5.92 Å². The summed E-state index contributed by atoms with van der Waals surface area (Å²) in [4.78, 5) is 27.4. The Kier molecular flexibility index (Phi) is 6.91. The molecule has 1 unspecified atom stereocenters. The van der Waals surface area contributed by atoms with E-state index in [0.29, 0.717) is 31.8 Å². The molecule has 1 aliphatic heterocycles. The lowest BCUT2D eigenvalue weighted by molar-refractivity contribution is -0.126. The number of benzene rings is 2. The van der Waals surface area contributed by atoms with Crippen molar-refractivity contribution in [1.82, 2.24) is 10.2 Å². The van der Waals surface area contributed by atoms with Gasteiger partial charge in [0.1, 0.15) is 5.75 Å². The summed E-state index contributed by atoms with van der Waals surface area (Å²) < 4.78 is 5.44. The highest BCUT2D eigenvalue weighted by atomic mass is 16.5. The number of amides is 2. The van der Waals surface area contributed by atoms with Gasteiger partial charge in [0.25, 0.3) is 5.91 Å². The molecule has 154 valence electrons. The summed E-state index contributed by atoms with van der Waals surface area (Å²) in [7, 11) is 0. The molecule has 2 aromatic rings. The van der Waals surface area contributed by atoms with E-state index in [0.717, 1.165) is 35.3 Å². The summed E-state index contributed by atoms with van der Waals surface area (Å²) in [6, 6.07) is 13.6. The Hall–Kier alpha value is -2.82. The molecule has 3 rings (SSSR count). The second kappa shape index (κ2) is 9.59. The van der Waals surface area contributed by atoms with Crippen LogP contribution in [0, 0.1) is 19.8 Å². The number of hydrogen-bond donors (Lipinski definition) is 1. The van der Waals surface area contributed by atoms with E-state index in [-0.39, 0.29) is 17.7 Å². The van der Waals surface area contributed by atoms with Crippen LogP contribution in [0.15, 0.2) is 42.5 Å². The van der Waals surface area contributed by atoms with Crippen molar-refractivity contribution < 1.29 is 14.3 Å². The largest absolute Gasteiger partial charge is 0.494 e. The van der Waals surface area contributed by atoms with Gasteiger partial charge in [-0.3, -0.25) is 9.59 Å². The molecule has 0 aliphatic carbocycles. The van der Waals surface area contributed by atoms with Gasteiger partial charge in [0.15, 0.2) is 0 Å². The van der Waals surface area contributed by atoms with Crippen LogP contribution < -0.4 is 10.1 Å². The third kappa shape index (κ3) is 5.59. The predicted molar refractivity (Wildman–Crippen MR) is 114 cm³/mol. The maximum atomic E-state index is 12.9. The lowest BCUT2D eigenvalue weighted by atomic mass is 9.96. The third-order valence-electron chi connectivity index (χ3n) is 5.25. The minimum atomic E-state index is -0.165. The van der Waals surface area contributed by atoms with Gasteiger partial charge >= 0.3 is 0 Å². The van der Waals surface area contributed by atoms with Gasteiger partial charge in [-0.15, -0.1) is 0 Å². The molecular weight excluding hydrogens is 364 g/mol. The van der Waals surface area contributed by atoms with Crippen LogP contribution in [0.1, 0.15) is 46.8 Å². The van der Waals surface area contributed by atoms with Crippen molar-refractivity contribution in [2.75, 3.05) is 19.7 Å².